The molecule has 0 aromatic heterocycles. The van der Waals surface area contributed by atoms with E-state index in [0.717, 1.165) is 148 Å². The Balaban J connectivity index is 4.11. The summed E-state index contributed by atoms with van der Waals surface area (Å²) in [6, 6.07) is 0. The van der Waals surface area contributed by atoms with Gasteiger partial charge < -0.3 is 14.2 Å². The SMILES string of the molecule is CC/C=C\C/C=C\C/C=C\C/C=C\C/C=C\CCCCCCCCCCCCCCCCCCCCCC(=O)OCC(COC(=O)CCCCCCC/C=C\C/C=C\CCC)OC(=O)CCCCCCC/C=C\C/C=C\CCCC. The van der Waals surface area contributed by atoms with Crippen molar-refractivity contribution in [2.45, 2.75) is 329 Å². The number of allylic oxidation sites excluding steroid dienone is 18. The third-order valence-electron chi connectivity index (χ3n) is 14.5. The van der Waals surface area contributed by atoms with Crippen LogP contribution in [-0.2, 0) is 28.6 Å². The topological polar surface area (TPSA) is 78.9 Å². The van der Waals surface area contributed by atoms with Crippen LogP contribution in [-0.4, -0.2) is 37.2 Å². The first kappa shape index (κ1) is 76.1. The highest BCUT2D eigenvalue weighted by molar-refractivity contribution is 5.71. The van der Waals surface area contributed by atoms with E-state index < -0.39 is 6.10 Å². The van der Waals surface area contributed by atoms with Gasteiger partial charge in [0.15, 0.2) is 6.10 Å². The second-order valence-corrected chi connectivity index (χ2v) is 22.3. The Kier molecular flexibility index (Phi) is 64.3. The number of carbonyl (C=O) groups excluding carboxylic acids is 3. The zero-order valence-electron chi connectivity index (χ0n) is 52.6. The lowest BCUT2D eigenvalue weighted by Crippen LogP contribution is -2.30. The van der Waals surface area contributed by atoms with Crippen molar-refractivity contribution < 1.29 is 28.6 Å². The molecule has 0 rings (SSSR count). The molecule has 0 aromatic carbocycles. The summed E-state index contributed by atoms with van der Waals surface area (Å²) in [6.07, 6.45) is 92.7. The maximum Gasteiger partial charge on any atom is 0.306 e. The molecule has 6 heteroatoms. The van der Waals surface area contributed by atoms with Crippen LogP contribution < -0.4 is 0 Å². The first-order valence-electron chi connectivity index (χ1n) is 33.9. The van der Waals surface area contributed by atoms with Gasteiger partial charge in [0.05, 0.1) is 0 Å². The number of hydrogen-bond donors (Lipinski definition) is 0. The van der Waals surface area contributed by atoms with E-state index >= 15 is 0 Å². The van der Waals surface area contributed by atoms with E-state index in [1.807, 2.05) is 0 Å². The molecular formula is C74H126O6. The summed E-state index contributed by atoms with van der Waals surface area (Å²) < 4.78 is 16.9. The summed E-state index contributed by atoms with van der Waals surface area (Å²) in [5.74, 6) is -0.905. The molecular weight excluding hydrogens is 985 g/mol. The second-order valence-electron chi connectivity index (χ2n) is 22.3. The van der Waals surface area contributed by atoms with Crippen molar-refractivity contribution in [2.24, 2.45) is 0 Å². The Morgan fingerprint density at radius 2 is 0.512 bits per heavy atom. The summed E-state index contributed by atoms with van der Waals surface area (Å²) in [5.41, 5.74) is 0. The van der Waals surface area contributed by atoms with Crippen LogP contribution in [0.5, 0.6) is 0 Å². The van der Waals surface area contributed by atoms with Gasteiger partial charge >= 0.3 is 17.9 Å². The Morgan fingerprint density at radius 1 is 0.263 bits per heavy atom. The van der Waals surface area contributed by atoms with Gasteiger partial charge in [0.2, 0.25) is 0 Å². The van der Waals surface area contributed by atoms with Crippen molar-refractivity contribution in [1.82, 2.24) is 0 Å². The van der Waals surface area contributed by atoms with Gasteiger partial charge in [0, 0.05) is 19.3 Å². The van der Waals surface area contributed by atoms with Gasteiger partial charge in [0.1, 0.15) is 13.2 Å². The van der Waals surface area contributed by atoms with Gasteiger partial charge in [-0.3, -0.25) is 14.4 Å². The van der Waals surface area contributed by atoms with Crippen LogP contribution >= 0.6 is 0 Å². The molecule has 0 aliphatic carbocycles. The monoisotopic (exact) mass is 1110 g/mol. The van der Waals surface area contributed by atoms with Crippen molar-refractivity contribution >= 4 is 17.9 Å². The number of ether oxygens (including phenoxy) is 3. The molecule has 0 aliphatic rings. The minimum atomic E-state index is -0.790. The van der Waals surface area contributed by atoms with E-state index in [-0.39, 0.29) is 31.1 Å². The zero-order valence-corrected chi connectivity index (χ0v) is 52.6. The summed E-state index contributed by atoms with van der Waals surface area (Å²) in [6.45, 7) is 6.42. The van der Waals surface area contributed by atoms with Gasteiger partial charge in [0.25, 0.3) is 0 Å². The van der Waals surface area contributed by atoms with E-state index in [0.29, 0.717) is 19.3 Å². The zero-order chi connectivity index (χ0) is 57.8. The molecule has 0 bridgehead atoms. The maximum atomic E-state index is 12.9. The third-order valence-corrected chi connectivity index (χ3v) is 14.5. The number of esters is 3. The van der Waals surface area contributed by atoms with Gasteiger partial charge in [-0.1, -0.05) is 297 Å². The molecule has 80 heavy (non-hydrogen) atoms. The number of hydrogen-bond acceptors (Lipinski definition) is 6. The fraction of sp³-hybridized carbons (Fsp3) is 0.716. The summed E-state index contributed by atoms with van der Waals surface area (Å²) >= 11 is 0. The molecule has 1 unspecified atom stereocenters. The van der Waals surface area contributed by atoms with Gasteiger partial charge in [-0.25, -0.2) is 0 Å². The largest absolute Gasteiger partial charge is 0.462 e. The third kappa shape index (κ3) is 64.9. The fourth-order valence-corrected chi connectivity index (χ4v) is 9.41. The van der Waals surface area contributed by atoms with Crippen LogP contribution in [0.15, 0.2) is 109 Å². The molecule has 0 spiro atoms. The van der Waals surface area contributed by atoms with Crippen molar-refractivity contribution in [1.29, 1.82) is 0 Å². The Bertz CT molecular complexity index is 1610. The molecule has 0 radical (unpaired) electrons. The van der Waals surface area contributed by atoms with E-state index in [4.69, 9.17) is 14.2 Å². The van der Waals surface area contributed by atoms with Crippen LogP contribution in [0.3, 0.4) is 0 Å². The maximum absolute atomic E-state index is 12.9. The fourth-order valence-electron chi connectivity index (χ4n) is 9.41. The quantitative estimate of drug-likeness (QED) is 0.0261. The highest BCUT2D eigenvalue weighted by Crippen LogP contribution is 2.17. The predicted octanol–water partition coefficient (Wildman–Crippen LogP) is 23.4. The predicted molar refractivity (Wildman–Crippen MR) is 348 cm³/mol. The highest BCUT2D eigenvalue weighted by atomic mass is 16.6. The summed E-state index contributed by atoms with van der Waals surface area (Å²) in [7, 11) is 0. The number of carbonyl (C=O) groups is 3. The summed E-state index contributed by atoms with van der Waals surface area (Å²) in [4.78, 5) is 38.3. The van der Waals surface area contributed by atoms with E-state index in [1.165, 1.54) is 135 Å². The van der Waals surface area contributed by atoms with Crippen molar-refractivity contribution in [3.8, 4) is 0 Å². The molecule has 0 fully saturated rings. The van der Waals surface area contributed by atoms with Crippen LogP contribution in [0.1, 0.15) is 323 Å². The highest BCUT2D eigenvalue weighted by Gasteiger charge is 2.19. The molecule has 0 saturated carbocycles. The van der Waals surface area contributed by atoms with Crippen molar-refractivity contribution in [2.75, 3.05) is 13.2 Å². The first-order valence-corrected chi connectivity index (χ1v) is 33.9. The average molecular weight is 1110 g/mol. The molecule has 0 amide bonds. The van der Waals surface area contributed by atoms with Gasteiger partial charge in [-0.2, -0.15) is 0 Å². The molecule has 1 atom stereocenters. The van der Waals surface area contributed by atoms with Gasteiger partial charge in [-0.05, 0) is 116 Å². The molecule has 6 nitrogen and oxygen atoms in total. The minimum absolute atomic E-state index is 0.0856. The Morgan fingerprint density at radius 3 is 0.812 bits per heavy atom. The number of rotatable bonds is 61. The molecule has 0 aromatic rings. The van der Waals surface area contributed by atoms with Crippen LogP contribution in [0.4, 0.5) is 0 Å². The summed E-state index contributed by atoms with van der Waals surface area (Å²) in [5, 5.41) is 0. The molecule has 0 heterocycles. The lowest BCUT2D eigenvalue weighted by molar-refractivity contribution is -0.167. The van der Waals surface area contributed by atoms with Crippen molar-refractivity contribution in [3.05, 3.63) is 109 Å². The van der Waals surface area contributed by atoms with Crippen LogP contribution in [0.25, 0.3) is 0 Å². The van der Waals surface area contributed by atoms with Gasteiger partial charge in [-0.15, -0.1) is 0 Å². The van der Waals surface area contributed by atoms with Crippen LogP contribution in [0.2, 0.25) is 0 Å². The lowest BCUT2D eigenvalue weighted by Gasteiger charge is -2.18. The average Bonchev–Trinajstić information content (AvgIpc) is 3.46. The smallest absolute Gasteiger partial charge is 0.306 e. The van der Waals surface area contributed by atoms with Crippen LogP contribution in [0, 0.1) is 0 Å². The Hall–Kier alpha value is -3.93. The normalized spacial score (nSPS) is 12.8. The molecule has 0 aliphatic heterocycles. The molecule has 458 valence electrons. The van der Waals surface area contributed by atoms with E-state index in [9.17, 15) is 14.4 Å². The lowest BCUT2D eigenvalue weighted by atomic mass is 10.0. The molecule has 0 N–H and O–H groups in total. The molecule has 0 saturated heterocycles. The van der Waals surface area contributed by atoms with E-state index in [1.54, 1.807) is 0 Å². The van der Waals surface area contributed by atoms with E-state index in [2.05, 4.69) is 130 Å². The first-order chi connectivity index (χ1) is 39.5. The number of unbranched alkanes of at least 4 members (excludes halogenated alkanes) is 32. The Labute approximate surface area is 495 Å². The minimum Gasteiger partial charge on any atom is -0.462 e. The second kappa shape index (κ2) is 67.6. The van der Waals surface area contributed by atoms with Crippen molar-refractivity contribution in [3.63, 3.8) is 0 Å². The standard InChI is InChI=1S/C74H126O6/c1-4-7-10-13-16-19-22-25-27-28-29-30-31-32-33-34-35-36-37-38-39-40-41-42-43-44-45-46-47-50-52-55-58-61-64-67-73(76)79-70-71(69-78-72(75)66-63-60-57-54-51-48-24-21-18-15-12-9-6-3)80-74(77)68-65-62-59-56-53-49-26-23-20-17-14-11-8-5-2/h7,10,12,14-17,19,21,23-27,29-30,32-33,71H,4-6,8-9,11,13,18,20,22,28,31,34-70H2,1-3H3/b10-7-,15-12-,17-14-,19-16-,24-21-,26-23-,27-25-,30-29-,33-32-.